The smallest absolute Gasteiger partial charge is 0.154 e. The highest BCUT2D eigenvalue weighted by atomic mass is 15.1. The van der Waals surface area contributed by atoms with E-state index in [1.165, 1.54) is 19.3 Å². The first-order chi connectivity index (χ1) is 8.58. The number of imidazole rings is 1. The number of nitrogens with zero attached hydrogens (tertiary/aromatic N) is 3. The molecule has 1 saturated carbocycles. The lowest BCUT2D eigenvalue weighted by Gasteiger charge is -2.28. The maximum Gasteiger partial charge on any atom is 0.154 e. The number of hydrogen-bond acceptors (Lipinski definition) is 3. The molecule has 4 nitrogen and oxygen atoms in total. The maximum absolute atomic E-state index is 4.46. The predicted molar refractivity (Wildman–Crippen MR) is 73.6 cm³/mol. The van der Waals surface area contributed by atoms with Crippen LogP contribution in [0.4, 0.5) is 5.82 Å². The van der Waals surface area contributed by atoms with Crippen molar-refractivity contribution in [3.63, 3.8) is 0 Å². The second kappa shape index (κ2) is 3.97. The van der Waals surface area contributed by atoms with Gasteiger partial charge in [-0.3, -0.25) is 0 Å². The van der Waals surface area contributed by atoms with E-state index in [-0.39, 0.29) is 0 Å². The van der Waals surface area contributed by atoms with Gasteiger partial charge in [0.25, 0.3) is 0 Å². The molecule has 0 aromatic carbocycles. The summed E-state index contributed by atoms with van der Waals surface area (Å²) in [5.74, 6) is 0.924. The summed E-state index contributed by atoms with van der Waals surface area (Å²) < 4.78 is 2.03. The normalized spacial score (nSPS) is 22.5. The van der Waals surface area contributed by atoms with Crippen molar-refractivity contribution >= 4 is 16.9 Å². The molecule has 96 valence electrons. The molecule has 1 aliphatic carbocycles. The van der Waals surface area contributed by atoms with Gasteiger partial charge < -0.3 is 9.88 Å². The Kier molecular flexibility index (Phi) is 2.54. The third-order valence-electron chi connectivity index (χ3n) is 4.21. The molecule has 0 aliphatic heterocycles. The van der Waals surface area contributed by atoms with Gasteiger partial charge in [0, 0.05) is 19.3 Å². The molecular weight excluding hydrogens is 224 g/mol. The first kappa shape index (κ1) is 11.5. The minimum absolute atomic E-state index is 0.346. The lowest BCUT2D eigenvalue weighted by atomic mass is 9.87. The lowest BCUT2D eigenvalue weighted by molar-refractivity contribution is 0.349. The molecule has 4 heteroatoms. The molecular formula is C14H20N4. The zero-order valence-electron chi connectivity index (χ0n) is 11.3. The molecule has 0 radical (unpaired) electrons. The Bertz CT molecular complexity index is 570. The van der Waals surface area contributed by atoms with Gasteiger partial charge in [0.1, 0.15) is 5.52 Å². The number of pyridine rings is 1. The molecule has 1 aliphatic rings. The molecule has 2 aromatic rings. The fourth-order valence-corrected chi connectivity index (χ4v) is 2.93. The quantitative estimate of drug-likeness (QED) is 0.883. The summed E-state index contributed by atoms with van der Waals surface area (Å²) in [7, 11) is 2.01. The molecule has 0 spiro atoms. The van der Waals surface area contributed by atoms with Crippen LogP contribution in [0.15, 0.2) is 18.6 Å². The summed E-state index contributed by atoms with van der Waals surface area (Å²) in [5.41, 5.74) is 2.45. The Balaban J connectivity index is 1.95. The third kappa shape index (κ3) is 1.76. The molecule has 1 fully saturated rings. The van der Waals surface area contributed by atoms with E-state index in [1.807, 2.05) is 30.2 Å². The molecule has 2 heterocycles. The van der Waals surface area contributed by atoms with E-state index in [0.717, 1.165) is 16.9 Å². The summed E-state index contributed by atoms with van der Waals surface area (Å²) in [6.45, 7) is 4.66. The predicted octanol–water partition coefficient (Wildman–Crippen LogP) is 2.96. The average molecular weight is 244 g/mol. The van der Waals surface area contributed by atoms with Crippen LogP contribution in [-0.2, 0) is 7.05 Å². The molecule has 1 unspecified atom stereocenters. The van der Waals surface area contributed by atoms with Crippen LogP contribution in [0.3, 0.4) is 0 Å². The largest absolute Gasteiger partial charge is 0.365 e. The lowest BCUT2D eigenvalue weighted by Crippen LogP contribution is -2.31. The van der Waals surface area contributed by atoms with Crippen molar-refractivity contribution in [1.82, 2.24) is 14.5 Å². The number of hydrogen-bond donors (Lipinski definition) is 1. The minimum atomic E-state index is 0.346. The van der Waals surface area contributed by atoms with Crippen molar-refractivity contribution in [2.24, 2.45) is 12.5 Å². The van der Waals surface area contributed by atoms with Crippen LogP contribution in [0.2, 0.25) is 0 Å². The Morgan fingerprint density at radius 3 is 2.94 bits per heavy atom. The van der Waals surface area contributed by atoms with Gasteiger partial charge in [-0.2, -0.15) is 0 Å². The fraction of sp³-hybridized carbons (Fsp3) is 0.571. The summed E-state index contributed by atoms with van der Waals surface area (Å²) in [4.78, 5) is 8.91. The van der Waals surface area contributed by atoms with Crippen LogP contribution >= 0.6 is 0 Å². The molecule has 2 aromatic heterocycles. The van der Waals surface area contributed by atoms with Gasteiger partial charge in [0.15, 0.2) is 5.82 Å². The maximum atomic E-state index is 4.46. The van der Waals surface area contributed by atoms with Crippen molar-refractivity contribution in [3.05, 3.63) is 18.6 Å². The molecule has 1 N–H and O–H groups in total. The SMILES string of the molecule is Cn1cnc2c(NC3CCCC3(C)C)nccc21. The highest BCUT2D eigenvalue weighted by Crippen LogP contribution is 2.39. The van der Waals surface area contributed by atoms with Crippen molar-refractivity contribution < 1.29 is 0 Å². The van der Waals surface area contributed by atoms with Crippen molar-refractivity contribution in [2.45, 2.75) is 39.2 Å². The molecule has 0 amide bonds. The van der Waals surface area contributed by atoms with Crippen LogP contribution in [0.1, 0.15) is 33.1 Å². The van der Waals surface area contributed by atoms with Gasteiger partial charge in [0.05, 0.1) is 11.8 Å². The number of fused-ring (bicyclic) bond motifs is 1. The summed E-state index contributed by atoms with van der Waals surface area (Å²) in [5, 5.41) is 3.60. The van der Waals surface area contributed by atoms with E-state index in [4.69, 9.17) is 0 Å². The molecule has 18 heavy (non-hydrogen) atoms. The topological polar surface area (TPSA) is 42.7 Å². The van der Waals surface area contributed by atoms with Crippen LogP contribution in [0.25, 0.3) is 11.0 Å². The minimum Gasteiger partial charge on any atom is -0.365 e. The van der Waals surface area contributed by atoms with Crippen molar-refractivity contribution in [1.29, 1.82) is 0 Å². The standard InChI is InChI=1S/C14H20N4/c1-14(2)7-4-5-11(14)17-13-12-10(6-8-15-13)18(3)9-16-12/h6,8-9,11H,4-5,7H2,1-3H3,(H,15,17). The fourth-order valence-electron chi connectivity index (χ4n) is 2.93. The van der Waals surface area contributed by atoms with Crippen LogP contribution < -0.4 is 5.32 Å². The van der Waals surface area contributed by atoms with Gasteiger partial charge in [-0.1, -0.05) is 20.3 Å². The number of anilines is 1. The third-order valence-corrected chi connectivity index (χ3v) is 4.21. The van der Waals surface area contributed by atoms with Gasteiger partial charge in [-0.25, -0.2) is 9.97 Å². The van der Waals surface area contributed by atoms with Crippen LogP contribution in [-0.4, -0.2) is 20.6 Å². The average Bonchev–Trinajstić information content (AvgIpc) is 2.85. The number of rotatable bonds is 2. The Labute approximate surface area is 107 Å². The van der Waals surface area contributed by atoms with Gasteiger partial charge in [-0.05, 0) is 24.3 Å². The van der Waals surface area contributed by atoms with E-state index in [1.54, 1.807) is 0 Å². The monoisotopic (exact) mass is 244 g/mol. The first-order valence-electron chi connectivity index (χ1n) is 6.60. The summed E-state index contributed by atoms with van der Waals surface area (Å²) >= 11 is 0. The van der Waals surface area contributed by atoms with E-state index in [9.17, 15) is 0 Å². The second-order valence-electron chi connectivity index (χ2n) is 5.96. The first-order valence-corrected chi connectivity index (χ1v) is 6.60. The zero-order chi connectivity index (χ0) is 12.8. The summed E-state index contributed by atoms with van der Waals surface area (Å²) in [6.07, 6.45) is 7.50. The second-order valence-corrected chi connectivity index (χ2v) is 5.96. The Morgan fingerprint density at radius 1 is 1.39 bits per heavy atom. The summed E-state index contributed by atoms with van der Waals surface area (Å²) in [6, 6.07) is 2.51. The Hall–Kier alpha value is -1.58. The molecule has 3 rings (SSSR count). The van der Waals surface area contributed by atoms with Gasteiger partial charge in [-0.15, -0.1) is 0 Å². The van der Waals surface area contributed by atoms with E-state index < -0.39 is 0 Å². The van der Waals surface area contributed by atoms with Crippen molar-refractivity contribution in [3.8, 4) is 0 Å². The van der Waals surface area contributed by atoms with E-state index in [2.05, 4.69) is 29.1 Å². The number of aryl methyl sites for hydroxylation is 1. The zero-order valence-corrected chi connectivity index (χ0v) is 11.3. The van der Waals surface area contributed by atoms with Gasteiger partial charge >= 0.3 is 0 Å². The highest BCUT2D eigenvalue weighted by molar-refractivity contribution is 5.85. The van der Waals surface area contributed by atoms with Gasteiger partial charge in [0.2, 0.25) is 0 Å². The number of nitrogens with one attached hydrogen (secondary N) is 1. The molecule has 1 atom stereocenters. The van der Waals surface area contributed by atoms with Crippen LogP contribution in [0.5, 0.6) is 0 Å². The van der Waals surface area contributed by atoms with E-state index in [0.29, 0.717) is 11.5 Å². The van der Waals surface area contributed by atoms with Crippen LogP contribution in [0, 0.1) is 5.41 Å². The Morgan fingerprint density at radius 2 is 2.22 bits per heavy atom. The highest BCUT2D eigenvalue weighted by Gasteiger charge is 2.34. The molecule has 0 bridgehead atoms. The van der Waals surface area contributed by atoms with Crippen molar-refractivity contribution in [2.75, 3.05) is 5.32 Å². The van der Waals surface area contributed by atoms with E-state index >= 15 is 0 Å². The number of aromatic nitrogens is 3. The molecule has 0 saturated heterocycles.